The van der Waals surface area contributed by atoms with E-state index in [2.05, 4.69) is 16.0 Å². The second-order valence-corrected chi connectivity index (χ2v) is 11.3. The van der Waals surface area contributed by atoms with Crippen LogP contribution in [0.1, 0.15) is 74.5 Å². The van der Waals surface area contributed by atoms with Crippen LogP contribution in [0.3, 0.4) is 0 Å². The first-order chi connectivity index (χ1) is 20.3. The Kier molecular flexibility index (Phi) is 9.00. The van der Waals surface area contributed by atoms with Crippen molar-refractivity contribution in [1.82, 2.24) is 9.97 Å². The molecule has 220 valence electrons. The number of nitrogens with zero attached hydrogens (tertiary/aromatic N) is 3. The minimum absolute atomic E-state index is 0.0878. The van der Waals surface area contributed by atoms with Gasteiger partial charge in [0.1, 0.15) is 24.0 Å². The minimum Gasteiger partial charge on any atom is -0.497 e. The first-order valence-corrected chi connectivity index (χ1v) is 14.5. The van der Waals surface area contributed by atoms with Crippen LogP contribution in [0.5, 0.6) is 11.6 Å². The topological polar surface area (TPSA) is 94.3 Å². The fourth-order valence-electron chi connectivity index (χ4n) is 5.96. The number of nitriles is 1. The molecule has 0 saturated heterocycles. The first kappa shape index (κ1) is 29.4. The van der Waals surface area contributed by atoms with E-state index in [1.807, 2.05) is 6.07 Å². The summed E-state index contributed by atoms with van der Waals surface area (Å²) in [5.41, 5.74) is 2.10. The maximum atomic E-state index is 15.0. The van der Waals surface area contributed by atoms with Crippen LogP contribution in [-0.2, 0) is 22.6 Å². The lowest BCUT2D eigenvalue weighted by Crippen LogP contribution is -2.18. The molecular weight excluding hydrogens is 540 g/mol. The summed E-state index contributed by atoms with van der Waals surface area (Å²) in [6.45, 7) is 2.11. The van der Waals surface area contributed by atoms with Crippen molar-refractivity contribution in [2.24, 2.45) is 11.3 Å². The van der Waals surface area contributed by atoms with Crippen molar-refractivity contribution in [1.29, 1.82) is 5.26 Å². The van der Waals surface area contributed by atoms with Gasteiger partial charge in [-0.2, -0.15) is 5.26 Å². The van der Waals surface area contributed by atoms with Gasteiger partial charge in [0.2, 0.25) is 5.88 Å². The molecule has 3 aromatic rings. The molecule has 5 rings (SSSR count). The minimum atomic E-state index is -0.532. The number of ether oxygens (including phenoxy) is 3. The summed E-state index contributed by atoms with van der Waals surface area (Å²) < 4.78 is 46.3. The maximum absolute atomic E-state index is 15.0. The van der Waals surface area contributed by atoms with E-state index in [4.69, 9.17) is 14.2 Å². The zero-order valence-electron chi connectivity index (χ0n) is 24.0. The average Bonchev–Trinajstić information content (AvgIpc) is 3.74. The standard InChI is InChI=1S/C33H35F2N3O4/c1-3-41-31(39)15-25(22-6-7-22)26-14-30(37-18-29(26)35)42-19-21-12-23(16-33(20-36)10-4-5-11-33)32(38-17-21)27-13-24(40-2)8-9-28(27)34/h8-9,12-14,17-18,22,25H,3-7,10-11,15-16,19H2,1-2H3. The molecule has 1 aromatic carbocycles. The normalized spacial score (nSPS) is 16.5. The van der Waals surface area contributed by atoms with E-state index in [-0.39, 0.29) is 43.3 Å². The third-order valence-corrected chi connectivity index (χ3v) is 8.31. The molecule has 0 bridgehead atoms. The smallest absolute Gasteiger partial charge is 0.306 e. The molecular formula is C33H35F2N3O4. The van der Waals surface area contributed by atoms with Crippen LogP contribution < -0.4 is 9.47 Å². The summed E-state index contributed by atoms with van der Waals surface area (Å²) in [6, 6.07) is 10.5. The molecule has 2 saturated carbocycles. The largest absolute Gasteiger partial charge is 0.497 e. The quantitative estimate of drug-likeness (QED) is 0.213. The van der Waals surface area contributed by atoms with Gasteiger partial charge in [0.15, 0.2) is 0 Å². The van der Waals surface area contributed by atoms with Crippen molar-refractivity contribution in [3.05, 3.63) is 71.1 Å². The second-order valence-electron chi connectivity index (χ2n) is 11.3. The van der Waals surface area contributed by atoms with Crippen LogP contribution in [-0.4, -0.2) is 29.7 Å². The molecule has 0 N–H and O–H groups in total. The fraction of sp³-hybridized carbons (Fsp3) is 0.455. The van der Waals surface area contributed by atoms with E-state index >= 15 is 0 Å². The van der Waals surface area contributed by atoms with Gasteiger partial charge in [-0.3, -0.25) is 9.78 Å². The Hall–Kier alpha value is -4.06. The predicted molar refractivity (Wildman–Crippen MR) is 152 cm³/mol. The summed E-state index contributed by atoms with van der Waals surface area (Å²) in [6.07, 6.45) is 8.65. The summed E-state index contributed by atoms with van der Waals surface area (Å²) >= 11 is 0. The average molecular weight is 576 g/mol. The number of aromatic nitrogens is 2. The van der Waals surface area contributed by atoms with Crippen LogP contribution >= 0.6 is 0 Å². The van der Waals surface area contributed by atoms with Gasteiger partial charge in [0.05, 0.1) is 43.5 Å². The molecule has 0 aliphatic heterocycles. The van der Waals surface area contributed by atoms with Gasteiger partial charge in [0, 0.05) is 29.3 Å². The van der Waals surface area contributed by atoms with E-state index in [1.54, 1.807) is 31.3 Å². The molecule has 7 nitrogen and oxygen atoms in total. The van der Waals surface area contributed by atoms with Crippen LogP contribution in [0, 0.1) is 34.3 Å². The molecule has 2 fully saturated rings. The Morgan fingerprint density at radius 3 is 2.60 bits per heavy atom. The van der Waals surface area contributed by atoms with Gasteiger partial charge in [-0.25, -0.2) is 13.8 Å². The highest BCUT2D eigenvalue weighted by Crippen LogP contribution is 2.46. The number of pyridine rings is 2. The number of carbonyl (C=O) groups is 1. The molecule has 2 aromatic heterocycles. The van der Waals surface area contributed by atoms with Gasteiger partial charge in [-0.05, 0) is 80.3 Å². The molecule has 2 heterocycles. The predicted octanol–water partition coefficient (Wildman–Crippen LogP) is 7.08. The van der Waals surface area contributed by atoms with Crippen LogP contribution in [0.15, 0.2) is 42.7 Å². The zero-order chi connectivity index (χ0) is 29.7. The summed E-state index contributed by atoms with van der Waals surface area (Å²) in [5.74, 6) is -0.594. The highest BCUT2D eigenvalue weighted by atomic mass is 19.1. The molecule has 1 unspecified atom stereocenters. The van der Waals surface area contributed by atoms with E-state index in [1.165, 1.54) is 13.2 Å². The number of halogens is 2. The van der Waals surface area contributed by atoms with Gasteiger partial charge in [-0.1, -0.05) is 12.8 Å². The highest BCUT2D eigenvalue weighted by molar-refractivity contribution is 5.70. The van der Waals surface area contributed by atoms with Gasteiger partial charge >= 0.3 is 5.97 Å². The first-order valence-electron chi connectivity index (χ1n) is 14.5. The lowest BCUT2D eigenvalue weighted by atomic mass is 9.80. The molecule has 1 atom stereocenters. The number of hydrogen-bond acceptors (Lipinski definition) is 7. The lowest BCUT2D eigenvalue weighted by molar-refractivity contribution is -0.143. The fourth-order valence-corrected chi connectivity index (χ4v) is 5.96. The Morgan fingerprint density at radius 2 is 1.90 bits per heavy atom. The van der Waals surface area contributed by atoms with Crippen LogP contribution in [0.2, 0.25) is 0 Å². The van der Waals surface area contributed by atoms with Crippen LogP contribution in [0.25, 0.3) is 11.3 Å². The van der Waals surface area contributed by atoms with Crippen molar-refractivity contribution in [2.75, 3.05) is 13.7 Å². The van der Waals surface area contributed by atoms with Crippen molar-refractivity contribution in [3.63, 3.8) is 0 Å². The Morgan fingerprint density at radius 1 is 1.12 bits per heavy atom. The Labute approximate surface area is 244 Å². The third kappa shape index (κ3) is 6.70. The number of rotatable bonds is 12. The van der Waals surface area contributed by atoms with Crippen molar-refractivity contribution < 1.29 is 27.8 Å². The lowest BCUT2D eigenvalue weighted by Gasteiger charge is -2.22. The molecule has 0 spiro atoms. The Balaban J connectivity index is 1.41. The number of carbonyl (C=O) groups excluding carboxylic acids is 1. The third-order valence-electron chi connectivity index (χ3n) is 8.31. The van der Waals surface area contributed by atoms with Gasteiger partial charge in [-0.15, -0.1) is 0 Å². The summed E-state index contributed by atoms with van der Waals surface area (Å²) in [4.78, 5) is 21.0. The molecule has 9 heteroatoms. The molecule has 0 amide bonds. The number of methoxy groups -OCH3 is 1. The maximum Gasteiger partial charge on any atom is 0.306 e. The molecule has 0 radical (unpaired) electrons. The summed E-state index contributed by atoms with van der Waals surface area (Å²) in [5, 5.41) is 10.1. The zero-order valence-corrected chi connectivity index (χ0v) is 24.0. The van der Waals surface area contributed by atoms with Crippen LogP contribution in [0.4, 0.5) is 8.78 Å². The van der Waals surface area contributed by atoms with Crippen molar-refractivity contribution in [3.8, 4) is 29.0 Å². The number of benzene rings is 1. The SMILES string of the molecule is CCOC(=O)CC(c1cc(OCc2cnc(-c3cc(OC)ccc3F)c(CC3(C#N)CCCC3)c2)ncc1F)C1CC1. The van der Waals surface area contributed by atoms with Gasteiger partial charge < -0.3 is 14.2 Å². The number of hydrogen-bond donors (Lipinski definition) is 0. The van der Waals surface area contributed by atoms with Crippen molar-refractivity contribution >= 4 is 5.97 Å². The van der Waals surface area contributed by atoms with Crippen molar-refractivity contribution in [2.45, 2.75) is 70.8 Å². The molecule has 2 aliphatic carbocycles. The molecule has 42 heavy (non-hydrogen) atoms. The Bertz CT molecular complexity index is 1480. The van der Waals surface area contributed by atoms with E-state index in [0.29, 0.717) is 34.6 Å². The highest BCUT2D eigenvalue weighted by Gasteiger charge is 2.37. The second kappa shape index (κ2) is 12.8. The van der Waals surface area contributed by atoms with Gasteiger partial charge in [0.25, 0.3) is 0 Å². The molecule has 2 aliphatic rings. The monoisotopic (exact) mass is 575 g/mol. The van der Waals surface area contributed by atoms with E-state index in [0.717, 1.165) is 50.3 Å². The summed E-state index contributed by atoms with van der Waals surface area (Å²) in [7, 11) is 1.52. The van der Waals surface area contributed by atoms with E-state index < -0.39 is 17.0 Å². The van der Waals surface area contributed by atoms with E-state index in [9.17, 15) is 18.8 Å². The number of esters is 1.